The van der Waals surface area contributed by atoms with Crippen molar-refractivity contribution in [3.05, 3.63) is 70.8 Å². The topological polar surface area (TPSA) is 57.7 Å². The van der Waals surface area contributed by atoms with Crippen molar-refractivity contribution in [2.24, 2.45) is 5.92 Å². The van der Waals surface area contributed by atoms with Gasteiger partial charge in [-0.05, 0) is 61.6 Å². The second-order valence-corrected chi connectivity index (χ2v) is 11.0. The summed E-state index contributed by atoms with van der Waals surface area (Å²) in [5.74, 6) is 0.570. The van der Waals surface area contributed by atoms with Crippen LogP contribution in [-0.4, -0.2) is 48.9 Å². The van der Waals surface area contributed by atoms with E-state index in [0.29, 0.717) is 25.4 Å². The third kappa shape index (κ3) is 5.18. The molecule has 1 fully saturated rings. The Balaban J connectivity index is 1.37. The van der Waals surface area contributed by atoms with Gasteiger partial charge in [-0.15, -0.1) is 0 Å². The molecule has 1 atom stereocenters. The molecule has 0 N–H and O–H groups in total. The lowest BCUT2D eigenvalue weighted by Crippen LogP contribution is -2.54. The lowest BCUT2D eigenvalue weighted by molar-refractivity contribution is -0.137. The molecule has 2 aromatic rings. The number of fused-ring (bicyclic) bond motifs is 1. The fourth-order valence-electron chi connectivity index (χ4n) is 4.84. The molecule has 2 aliphatic heterocycles. The van der Waals surface area contributed by atoms with Gasteiger partial charge in [0, 0.05) is 19.6 Å². The van der Waals surface area contributed by atoms with E-state index in [0.717, 1.165) is 36.8 Å². The van der Waals surface area contributed by atoms with Gasteiger partial charge in [-0.2, -0.15) is 4.31 Å². The van der Waals surface area contributed by atoms with Crippen molar-refractivity contribution in [2.45, 2.75) is 51.6 Å². The SMILES string of the molecule is Cc1ccc(CCC2CCN(C(=O)[C@@H]3Cc4ccccc4CN3S(C)(=O)=O)CC2)cc1. The fraction of sp³-hybridized carbons (Fsp3) is 0.480. The van der Waals surface area contributed by atoms with Crippen molar-refractivity contribution < 1.29 is 13.2 Å². The standard InChI is InChI=1S/C25H32N2O3S/c1-19-7-9-20(10-8-19)11-12-21-13-15-26(16-14-21)25(28)24-17-22-5-3-4-6-23(22)18-27(24)31(2,29)30/h3-10,21,24H,11-18H2,1-2H3/t24-/m0/s1. The monoisotopic (exact) mass is 440 g/mol. The number of aryl methyl sites for hydroxylation is 2. The molecule has 0 radical (unpaired) electrons. The molecular formula is C25H32N2O3S. The van der Waals surface area contributed by atoms with E-state index >= 15 is 0 Å². The van der Waals surface area contributed by atoms with E-state index in [1.165, 1.54) is 21.7 Å². The van der Waals surface area contributed by atoms with Crippen LogP contribution >= 0.6 is 0 Å². The number of carbonyl (C=O) groups excluding carboxylic acids is 1. The molecule has 2 heterocycles. The highest BCUT2D eigenvalue weighted by molar-refractivity contribution is 7.88. The largest absolute Gasteiger partial charge is 0.341 e. The minimum atomic E-state index is -3.47. The summed E-state index contributed by atoms with van der Waals surface area (Å²) >= 11 is 0. The van der Waals surface area contributed by atoms with Crippen LogP contribution in [-0.2, 0) is 34.2 Å². The second-order valence-electron chi connectivity index (χ2n) is 9.09. The number of piperidine rings is 1. The molecule has 31 heavy (non-hydrogen) atoms. The molecule has 5 nitrogen and oxygen atoms in total. The lowest BCUT2D eigenvalue weighted by Gasteiger charge is -2.39. The lowest BCUT2D eigenvalue weighted by atomic mass is 9.89. The van der Waals surface area contributed by atoms with Crippen molar-refractivity contribution >= 4 is 15.9 Å². The highest BCUT2D eigenvalue weighted by Crippen LogP contribution is 2.29. The summed E-state index contributed by atoms with van der Waals surface area (Å²) in [5, 5.41) is 0. The van der Waals surface area contributed by atoms with Gasteiger partial charge in [0.2, 0.25) is 15.9 Å². The Kier molecular flexibility index (Phi) is 6.49. The number of sulfonamides is 1. The van der Waals surface area contributed by atoms with E-state index in [-0.39, 0.29) is 12.5 Å². The third-order valence-corrected chi connectivity index (χ3v) is 8.04. The Hall–Kier alpha value is -2.18. The van der Waals surface area contributed by atoms with Crippen LogP contribution in [0, 0.1) is 12.8 Å². The van der Waals surface area contributed by atoms with Crippen molar-refractivity contribution in [1.82, 2.24) is 9.21 Å². The van der Waals surface area contributed by atoms with Crippen molar-refractivity contribution in [1.29, 1.82) is 0 Å². The predicted molar refractivity (Wildman–Crippen MR) is 123 cm³/mol. The number of benzene rings is 2. The van der Waals surface area contributed by atoms with Gasteiger partial charge in [0.1, 0.15) is 6.04 Å². The molecule has 0 aliphatic carbocycles. The van der Waals surface area contributed by atoms with E-state index in [9.17, 15) is 13.2 Å². The molecule has 0 aromatic heterocycles. The quantitative estimate of drug-likeness (QED) is 0.714. The highest BCUT2D eigenvalue weighted by atomic mass is 32.2. The zero-order valence-corrected chi connectivity index (χ0v) is 19.3. The first-order chi connectivity index (χ1) is 14.8. The summed E-state index contributed by atoms with van der Waals surface area (Å²) in [4.78, 5) is 15.2. The maximum Gasteiger partial charge on any atom is 0.241 e. The molecule has 0 spiro atoms. The fourth-order valence-corrected chi connectivity index (χ4v) is 5.84. The Morgan fingerprint density at radius 1 is 1.00 bits per heavy atom. The Morgan fingerprint density at radius 2 is 1.65 bits per heavy atom. The zero-order chi connectivity index (χ0) is 22.0. The summed E-state index contributed by atoms with van der Waals surface area (Å²) in [6.45, 7) is 3.81. The van der Waals surface area contributed by atoms with Gasteiger partial charge in [-0.25, -0.2) is 8.42 Å². The van der Waals surface area contributed by atoms with Crippen LogP contribution in [0.1, 0.15) is 41.5 Å². The molecule has 2 aliphatic rings. The molecule has 6 heteroatoms. The minimum Gasteiger partial charge on any atom is -0.341 e. The molecule has 166 valence electrons. The number of carbonyl (C=O) groups is 1. The number of nitrogens with zero attached hydrogens (tertiary/aromatic N) is 2. The van der Waals surface area contributed by atoms with Crippen LogP contribution in [0.15, 0.2) is 48.5 Å². The molecule has 1 amide bonds. The predicted octanol–water partition coefficient (Wildman–Crippen LogP) is 3.55. The summed E-state index contributed by atoms with van der Waals surface area (Å²) in [7, 11) is -3.47. The van der Waals surface area contributed by atoms with Crippen LogP contribution in [0.25, 0.3) is 0 Å². The van der Waals surface area contributed by atoms with Gasteiger partial charge in [-0.1, -0.05) is 54.1 Å². The number of hydrogen-bond acceptors (Lipinski definition) is 3. The summed E-state index contributed by atoms with van der Waals surface area (Å²) in [6.07, 6.45) is 5.84. The van der Waals surface area contributed by atoms with Gasteiger partial charge < -0.3 is 4.90 Å². The Labute approximate surface area is 186 Å². The van der Waals surface area contributed by atoms with E-state index in [2.05, 4.69) is 31.2 Å². The smallest absolute Gasteiger partial charge is 0.241 e. The number of likely N-dealkylation sites (tertiary alicyclic amines) is 1. The van der Waals surface area contributed by atoms with E-state index in [1.807, 2.05) is 29.2 Å². The van der Waals surface area contributed by atoms with Crippen LogP contribution in [0.5, 0.6) is 0 Å². The van der Waals surface area contributed by atoms with Crippen LogP contribution in [0.4, 0.5) is 0 Å². The highest BCUT2D eigenvalue weighted by Gasteiger charge is 2.39. The maximum atomic E-state index is 13.4. The first kappa shape index (κ1) is 22.0. The molecule has 0 unspecified atom stereocenters. The number of amides is 1. The van der Waals surface area contributed by atoms with Crippen LogP contribution in [0.3, 0.4) is 0 Å². The molecule has 2 aromatic carbocycles. The zero-order valence-electron chi connectivity index (χ0n) is 18.5. The average Bonchev–Trinajstić information content (AvgIpc) is 2.77. The van der Waals surface area contributed by atoms with Crippen molar-refractivity contribution in [3.63, 3.8) is 0 Å². The molecule has 0 bridgehead atoms. The van der Waals surface area contributed by atoms with Gasteiger partial charge in [0.05, 0.1) is 6.26 Å². The van der Waals surface area contributed by atoms with Crippen molar-refractivity contribution in [3.8, 4) is 0 Å². The molecule has 1 saturated heterocycles. The Bertz CT molecular complexity index is 1020. The van der Waals surface area contributed by atoms with E-state index in [4.69, 9.17) is 0 Å². The van der Waals surface area contributed by atoms with Gasteiger partial charge >= 0.3 is 0 Å². The van der Waals surface area contributed by atoms with E-state index in [1.54, 1.807) is 0 Å². The van der Waals surface area contributed by atoms with Crippen molar-refractivity contribution in [2.75, 3.05) is 19.3 Å². The van der Waals surface area contributed by atoms with Crippen LogP contribution < -0.4 is 0 Å². The minimum absolute atomic E-state index is 0.0445. The molecular weight excluding hydrogens is 408 g/mol. The average molecular weight is 441 g/mol. The van der Waals surface area contributed by atoms with Gasteiger partial charge in [0.25, 0.3) is 0 Å². The first-order valence-corrected chi connectivity index (χ1v) is 13.0. The number of hydrogen-bond donors (Lipinski definition) is 0. The normalized spacial score (nSPS) is 20.5. The molecule has 0 saturated carbocycles. The first-order valence-electron chi connectivity index (χ1n) is 11.2. The summed E-state index contributed by atoms with van der Waals surface area (Å²) in [6, 6.07) is 15.9. The van der Waals surface area contributed by atoms with Crippen LogP contribution in [0.2, 0.25) is 0 Å². The number of rotatable bonds is 5. The molecule has 4 rings (SSSR count). The summed E-state index contributed by atoms with van der Waals surface area (Å²) < 4.78 is 26.3. The van der Waals surface area contributed by atoms with E-state index < -0.39 is 16.1 Å². The summed E-state index contributed by atoms with van der Waals surface area (Å²) in [5.41, 5.74) is 4.72. The maximum absolute atomic E-state index is 13.4. The van der Waals surface area contributed by atoms with Gasteiger partial charge in [-0.3, -0.25) is 4.79 Å². The Morgan fingerprint density at radius 3 is 2.29 bits per heavy atom. The second kappa shape index (κ2) is 9.13. The third-order valence-electron chi connectivity index (χ3n) is 6.80. The van der Waals surface area contributed by atoms with Gasteiger partial charge in [0.15, 0.2) is 0 Å².